The Kier molecular flexibility index (Phi) is 4.92. The molecule has 1 aromatic carbocycles. The van der Waals surface area contributed by atoms with Crippen LogP contribution in [0.25, 0.3) is 10.9 Å². The molecule has 7 heteroatoms. The van der Waals surface area contributed by atoms with Gasteiger partial charge in [0.15, 0.2) is 6.10 Å². The fourth-order valence-corrected chi connectivity index (χ4v) is 3.59. The molecule has 1 N–H and O–H groups in total. The van der Waals surface area contributed by atoms with Gasteiger partial charge in [-0.1, -0.05) is 0 Å². The predicted octanol–water partition coefficient (Wildman–Crippen LogP) is 1.61. The monoisotopic (exact) mass is 366 g/mol. The molecule has 2 aromatic rings. The van der Waals surface area contributed by atoms with Crippen molar-refractivity contribution in [2.45, 2.75) is 31.7 Å². The maximum atomic E-state index is 12.6. The van der Waals surface area contributed by atoms with E-state index in [4.69, 9.17) is 9.47 Å². The fraction of sp³-hybridized carbons (Fsp3) is 0.450. The highest BCUT2D eigenvalue weighted by molar-refractivity contribution is 5.95. The fourth-order valence-electron chi connectivity index (χ4n) is 3.59. The molecule has 0 saturated carbocycles. The van der Waals surface area contributed by atoms with Gasteiger partial charge in [0.2, 0.25) is 0 Å². The van der Waals surface area contributed by atoms with E-state index in [1.165, 1.54) is 0 Å². The molecule has 1 unspecified atom stereocenters. The van der Waals surface area contributed by atoms with E-state index in [0.29, 0.717) is 30.7 Å². The topological polar surface area (TPSA) is 87.5 Å². The zero-order valence-electron chi connectivity index (χ0n) is 15.2. The van der Waals surface area contributed by atoms with Gasteiger partial charge in [0.1, 0.15) is 6.07 Å². The minimum atomic E-state index is -0.545. The molecular formula is C20H22N4O3. The summed E-state index contributed by atoms with van der Waals surface area (Å²) in [5.41, 5.74) is 2.19. The van der Waals surface area contributed by atoms with Crippen LogP contribution in [0.2, 0.25) is 0 Å². The number of anilines is 1. The van der Waals surface area contributed by atoms with Gasteiger partial charge in [0.25, 0.3) is 5.91 Å². The summed E-state index contributed by atoms with van der Waals surface area (Å²) in [7, 11) is 0. The van der Waals surface area contributed by atoms with Crippen molar-refractivity contribution in [1.82, 2.24) is 10.3 Å². The van der Waals surface area contributed by atoms with Crippen LogP contribution in [0, 0.1) is 11.3 Å². The van der Waals surface area contributed by atoms with Crippen LogP contribution in [0.4, 0.5) is 5.69 Å². The van der Waals surface area contributed by atoms with Gasteiger partial charge < -0.3 is 19.7 Å². The third-order valence-corrected chi connectivity index (χ3v) is 5.06. The molecule has 2 saturated heterocycles. The molecule has 1 aromatic heterocycles. The molecule has 0 bridgehead atoms. The van der Waals surface area contributed by atoms with Crippen LogP contribution in [0.1, 0.15) is 18.9 Å². The van der Waals surface area contributed by atoms with Gasteiger partial charge >= 0.3 is 0 Å². The van der Waals surface area contributed by atoms with Crippen LogP contribution >= 0.6 is 0 Å². The van der Waals surface area contributed by atoms with Crippen molar-refractivity contribution >= 4 is 22.5 Å². The Hall–Kier alpha value is -2.69. The number of rotatable bonds is 4. The summed E-state index contributed by atoms with van der Waals surface area (Å²) in [5.74, 6) is -0.113. The first-order chi connectivity index (χ1) is 13.2. The quantitative estimate of drug-likeness (QED) is 0.884. The van der Waals surface area contributed by atoms with E-state index in [1.54, 1.807) is 12.3 Å². The molecular weight excluding hydrogens is 344 g/mol. The van der Waals surface area contributed by atoms with E-state index in [9.17, 15) is 10.1 Å². The molecule has 1 amide bonds. The normalized spacial score (nSPS) is 24.9. The van der Waals surface area contributed by atoms with E-state index >= 15 is 0 Å². The van der Waals surface area contributed by atoms with E-state index in [1.807, 2.05) is 25.1 Å². The number of hydrogen-bond donors (Lipinski definition) is 1. The third kappa shape index (κ3) is 3.59. The van der Waals surface area contributed by atoms with Crippen molar-refractivity contribution in [1.29, 1.82) is 5.26 Å². The first kappa shape index (κ1) is 17.7. The number of aromatic nitrogens is 1. The summed E-state index contributed by atoms with van der Waals surface area (Å²) < 4.78 is 11.2. The molecule has 2 fully saturated rings. The number of nitrogens with zero attached hydrogens (tertiary/aromatic N) is 3. The average molecular weight is 366 g/mol. The molecule has 4 rings (SSSR count). The van der Waals surface area contributed by atoms with Crippen molar-refractivity contribution in [3.63, 3.8) is 0 Å². The molecule has 2 aliphatic heterocycles. The van der Waals surface area contributed by atoms with Crippen LogP contribution in [0.3, 0.4) is 0 Å². The van der Waals surface area contributed by atoms with E-state index in [2.05, 4.69) is 21.3 Å². The number of pyridine rings is 1. The molecule has 7 nitrogen and oxygen atoms in total. The Bertz CT molecular complexity index is 890. The number of amides is 1. The zero-order valence-corrected chi connectivity index (χ0v) is 15.2. The van der Waals surface area contributed by atoms with Crippen LogP contribution in [-0.4, -0.2) is 55.4 Å². The highest BCUT2D eigenvalue weighted by Gasteiger charge is 2.32. The number of carbonyl (C=O) groups excluding carboxylic acids is 1. The Balaban J connectivity index is 1.55. The minimum Gasteiger partial charge on any atom is -0.376 e. The largest absolute Gasteiger partial charge is 0.376 e. The molecule has 140 valence electrons. The SMILES string of the molecule is C[C@@H]1CN(c2ccc(C#N)c3ncccc23)C[C@H](C(=O)NCC2CCO2)O1. The van der Waals surface area contributed by atoms with Gasteiger partial charge in [-0.3, -0.25) is 9.78 Å². The summed E-state index contributed by atoms with van der Waals surface area (Å²) in [6, 6.07) is 9.73. The first-order valence-electron chi connectivity index (χ1n) is 9.23. The molecule has 27 heavy (non-hydrogen) atoms. The standard InChI is InChI=1S/C20H22N4O3/c1-13-11-24(12-18(27-13)20(25)23-10-15-6-8-26-15)17-5-4-14(9-21)19-16(17)3-2-7-22-19/h2-5,7,13,15,18H,6,8,10-12H2,1H3,(H,23,25)/t13-,15?,18-/m1/s1. The van der Waals surface area contributed by atoms with Gasteiger partial charge in [0, 0.05) is 37.0 Å². The minimum absolute atomic E-state index is 0.0863. The van der Waals surface area contributed by atoms with Crippen molar-refractivity contribution in [3.8, 4) is 6.07 Å². The van der Waals surface area contributed by atoms with Crippen LogP contribution in [0.15, 0.2) is 30.5 Å². The lowest BCUT2D eigenvalue weighted by molar-refractivity contribution is -0.139. The summed E-state index contributed by atoms with van der Waals surface area (Å²) in [4.78, 5) is 19.1. The Morgan fingerprint density at radius 1 is 1.41 bits per heavy atom. The lowest BCUT2D eigenvalue weighted by atomic mass is 10.1. The number of nitrogens with one attached hydrogen (secondary N) is 1. The van der Waals surface area contributed by atoms with Gasteiger partial charge in [-0.15, -0.1) is 0 Å². The third-order valence-electron chi connectivity index (χ3n) is 5.06. The van der Waals surface area contributed by atoms with E-state index in [-0.39, 0.29) is 18.1 Å². The zero-order chi connectivity index (χ0) is 18.8. The number of carbonyl (C=O) groups is 1. The smallest absolute Gasteiger partial charge is 0.251 e. The molecule has 2 aliphatic rings. The summed E-state index contributed by atoms with van der Waals surface area (Å²) in [6.45, 7) is 4.39. The van der Waals surface area contributed by atoms with Crippen molar-refractivity contribution in [2.24, 2.45) is 0 Å². The van der Waals surface area contributed by atoms with Crippen LogP contribution in [0.5, 0.6) is 0 Å². The van der Waals surface area contributed by atoms with Gasteiger partial charge in [0.05, 0.1) is 29.8 Å². The first-order valence-corrected chi connectivity index (χ1v) is 9.23. The Morgan fingerprint density at radius 3 is 3.00 bits per heavy atom. The Labute approximate surface area is 157 Å². The van der Waals surface area contributed by atoms with Crippen LogP contribution in [-0.2, 0) is 14.3 Å². The second-order valence-corrected chi connectivity index (χ2v) is 7.01. The second-order valence-electron chi connectivity index (χ2n) is 7.01. The van der Waals surface area contributed by atoms with Crippen molar-refractivity contribution in [2.75, 3.05) is 31.1 Å². The number of hydrogen-bond acceptors (Lipinski definition) is 6. The van der Waals surface area contributed by atoms with Gasteiger partial charge in [-0.05, 0) is 37.6 Å². The molecule has 0 radical (unpaired) electrons. The Morgan fingerprint density at radius 2 is 2.26 bits per heavy atom. The number of morpholine rings is 1. The number of nitriles is 1. The lowest BCUT2D eigenvalue weighted by Gasteiger charge is -2.38. The van der Waals surface area contributed by atoms with E-state index < -0.39 is 6.10 Å². The summed E-state index contributed by atoms with van der Waals surface area (Å²) >= 11 is 0. The summed E-state index contributed by atoms with van der Waals surface area (Å²) in [6.07, 6.45) is 2.17. The number of ether oxygens (including phenoxy) is 2. The number of benzene rings is 1. The maximum Gasteiger partial charge on any atom is 0.251 e. The maximum absolute atomic E-state index is 12.6. The van der Waals surface area contributed by atoms with Crippen molar-refractivity contribution in [3.05, 3.63) is 36.0 Å². The highest BCUT2D eigenvalue weighted by atomic mass is 16.5. The van der Waals surface area contributed by atoms with Gasteiger partial charge in [-0.2, -0.15) is 5.26 Å². The number of fused-ring (bicyclic) bond motifs is 1. The van der Waals surface area contributed by atoms with Crippen LogP contribution < -0.4 is 10.2 Å². The molecule has 0 aliphatic carbocycles. The highest BCUT2D eigenvalue weighted by Crippen LogP contribution is 2.30. The molecule has 3 heterocycles. The summed E-state index contributed by atoms with van der Waals surface area (Å²) in [5, 5.41) is 13.2. The van der Waals surface area contributed by atoms with Crippen molar-refractivity contribution < 1.29 is 14.3 Å². The molecule has 0 spiro atoms. The lowest BCUT2D eigenvalue weighted by Crippen LogP contribution is -2.54. The average Bonchev–Trinajstić information content (AvgIpc) is 2.65. The van der Waals surface area contributed by atoms with Gasteiger partial charge in [-0.25, -0.2) is 0 Å². The predicted molar refractivity (Wildman–Crippen MR) is 100 cm³/mol. The second kappa shape index (κ2) is 7.51. The molecule has 3 atom stereocenters. The van der Waals surface area contributed by atoms with E-state index in [0.717, 1.165) is 24.1 Å².